The molecule has 0 spiro atoms. The molecule has 2 heterocycles. The Bertz CT molecular complexity index is 761. The Kier molecular flexibility index (Phi) is 4.98. The van der Waals surface area contributed by atoms with Crippen molar-refractivity contribution in [2.45, 2.75) is 24.8 Å². The molecule has 1 saturated heterocycles. The summed E-state index contributed by atoms with van der Waals surface area (Å²) in [6, 6.07) is 7.37. The first-order chi connectivity index (χ1) is 11.4. The van der Waals surface area contributed by atoms with E-state index in [2.05, 4.69) is 26.2 Å². The predicted octanol–water partition coefficient (Wildman–Crippen LogP) is 3.82. The minimum Gasteiger partial charge on any atom is -0.318 e. The lowest BCUT2D eigenvalue weighted by Crippen LogP contribution is -2.47. The highest BCUT2D eigenvalue weighted by molar-refractivity contribution is 9.10. The molecule has 1 aromatic heterocycles. The van der Waals surface area contributed by atoms with Crippen LogP contribution in [0.4, 0.5) is 5.13 Å². The van der Waals surface area contributed by atoms with E-state index in [-0.39, 0.29) is 10.8 Å². The van der Waals surface area contributed by atoms with Gasteiger partial charge in [-0.15, -0.1) is 23.1 Å². The van der Waals surface area contributed by atoms with Gasteiger partial charge in [0.1, 0.15) is 6.04 Å². The molecule has 1 atom stereocenters. The number of carbonyl (C=O) groups excluding carboxylic acids is 2. The van der Waals surface area contributed by atoms with Crippen LogP contribution in [0, 0.1) is 0 Å². The molecule has 1 N–H and O–H groups in total. The topological polar surface area (TPSA) is 62.3 Å². The molecule has 2 amide bonds. The van der Waals surface area contributed by atoms with E-state index in [1.807, 2.05) is 43.5 Å². The van der Waals surface area contributed by atoms with Gasteiger partial charge < -0.3 is 10.2 Å². The molecule has 24 heavy (non-hydrogen) atoms. The molecule has 5 nitrogen and oxygen atoms in total. The Labute approximate surface area is 157 Å². The lowest BCUT2D eigenvalue weighted by molar-refractivity contribution is -0.130. The van der Waals surface area contributed by atoms with Crippen molar-refractivity contribution in [3.05, 3.63) is 34.1 Å². The Hall–Kier alpha value is -1.38. The molecule has 3 rings (SSSR count). The quantitative estimate of drug-likeness (QED) is 0.756. The van der Waals surface area contributed by atoms with Crippen LogP contribution in [0.25, 0.3) is 11.3 Å². The Balaban J connectivity index is 1.72. The third kappa shape index (κ3) is 3.50. The monoisotopic (exact) mass is 425 g/mol. The molecule has 1 aliphatic heterocycles. The Morgan fingerprint density at radius 2 is 2.12 bits per heavy atom. The van der Waals surface area contributed by atoms with Crippen LogP contribution in [-0.2, 0) is 9.59 Å². The number of thiazole rings is 1. The number of benzene rings is 1. The fourth-order valence-corrected chi connectivity index (χ4v) is 4.67. The smallest absolute Gasteiger partial charge is 0.249 e. The van der Waals surface area contributed by atoms with E-state index in [0.717, 1.165) is 22.1 Å². The van der Waals surface area contributed by atoms with Gasteiger partial charge in [-0.25, -0.2) is 4.98 Å². The summed E-state index contributed by atoms with van der Waals surface area (Å²) < 4.78 is 1.00. The second-order valence-corrected chi connectivity index (χ2v) is 9.22. The van der Waals surface area contributed by atoms with Crippen LogP contribution in [0.5, 0.6) is 0 Å². The minimum atomic E-state index is -0.470. The Morgan fingerprint density at radius 3 is 2.79 bits per heavy atom. The molecule has 8 heteroatoms. The first-order valence-electron chi connectivity index (χ1n) is 7.31. The molecule has 0 bridgehead atoms. The summed E-state index contributed by atoms with van der Waals surface area (Å²) in [7, 11) is 0. The SMILES string of the molecule is CC1(C)SCC(C(=O)Nc2nc(-c3ccc(Br)cc3)cs2)N1C=O. The number of rotatable bonds is 4. The van der Waals surface area contributed by atoms with Gasteiger partial charge in [-0.05, 0) is 26.0 Å². The van der Waals surface area contributed by atoms with E-state index in [0.29, 0.717) is 10.9 Å². The second-order valence-electron chi connectivity index (χ2n) is 5.82. The minimum absolute atomic E-state index is 0.197. The van der Waals surface area contributed by atoms with Crippen LogP contribution in [0.1, 0.15) is 13.8 Å². The molecule has 0 radical (unpaired) electrons. The van der Waals surface area contributed by atoms with E-state index in [4.69, 9.17) is 0 Å². The zero-order chi connectivity index (χ0) is 17.3. The summed E-state index contributed by atoms with van der Waals surface area (Å²) in [6.07, 6.45) is 0.749. The summed E-state index contributed by atoms with van der Waals surface area (Å²) >= 11 is 6.38. The maximum Gasteiger partial charge on any atom is 0.249 e. The zero-order valence-corrected chi connectivity index (χ0v) is 16.4. The largest absolute Gasteiger partial charge is 0.318 e. The predicted molar refractivity (Wildman–Crippen MR) is 102 cm³/mol. The molecule has 126 valence electrons. The van der Waals surface area contributed by atoms with Gasteiger partial charge in [0.2, 0.25) is 12.3 Å². The van der Waals surface area contributed by atoms with E-state index in [9.17, 15) is 9.59 Å². The molecule has 1 aliphatic rings. The molecular formula is C16H16BrN3O2S2. The summed E-state index contributed by atoms with van der Waals surface area (Å²) in [5, 5.41) is 5.28. The van der Waals surface area contributed by atoms with E-state index in [1.165, 1.54) is 11.3 Å². The summed E-state index contributed by atoms with van der Waals surface area (Å²) in [5.74, 6) is 0.388. The van der Waals surface area contributed by atoms with Crippen LogP contribution < -0.4 is 5.32 Å². The average Bonchev–Trinajstić information content (AvgIpc) is 3.11. The molecule has 0 saturated carbocycles. The molecule has 1 aromatic carbocycles. The van der Waals surface area contributed by atoms with Gasteiger partial charge in [-0.3, -0.25) is 9.59 Å². The number of nitrogens with one attached hydrogen (secondary N) is 1. The molecule has 0 aliphatic carbocycles. The third-order valence-electron chi connectivity index (χ3n) is 3.84. The summed E-state index contributed by atoms with van der Waals surface area (Å²) in [6.45, 7) is 3.88. The first-order valence-corrected chi connectivity index (χ1v) is 9.96. The second kappa shape index (κ2) is 6.85. The van der Waals surface area contributed by atoms with E-state index < -0.39 is 6.04 Å². The van der Waals surface area contributed by atoms with E-state index in [1.54, 1.807) is 16.7 Å². The highest BCUT2D eigenvalue weighted by Crippen LogP contribution is 2.38. The third-order valence-corrected chi connectivity index (χ3v) is 6.53. The van der Waals surface area contributed by atoms with Gasteiger partial charge in [-0.2, -0.15) is 0 Å². The van der Waals surface area contributed by atoms with Gasteiger partial charge in [0.15, 0.2) is 5.13 Å². The van der Waals surface area contributed by atoms with Crippen molar-refractivity contribution in [2.75, 3.05) is 11.1 Å². The van der Waals surface area contributed by atoms with Crippen LogP contribution in [0.15, 0.2) is 34.1 Å². The lowest BCUT2D eigenvalue weighted by Gasteiger charge is -2.29. The number of hydrogen-bond donors (Lipinski definition) is 1. The number of anilines is 1. The standard InChI is InChI=1S/C16H16BrN3O2S2/c1-16(2)20(9-21)13(8-24-16)14(22)19-15-18-12(7-23-15)10-3-5-11(17)6-4-10/h3-7,9,13H,8H2,1-2H3,(H,18,19,22). The number of carbonyl (C=O) groups is 2. The lowest BCUT2D eigenvalue weighted by atomic mass is 10.2. The van der Waals surface area contributed by atoms with E-state index >= 15 is 0 Å². The van der Waals surface area contributed by atoms with Gasteiger partial charge in [0.25, 0.3) is 0 Å². The fraction of sp³-hybridized carbons (Fsp3) is 0.312. The van der Waals surface area contributed by atoms with Crippen LogP contribution in [0.3, 0.4) is 0 Å². The fourth-order valence-electron chi connectivity index (χ4n) is 2.49. The average molecular weight is 426 g/mol. The molecular weight excluding hydrogens is 410 g/mol. The first kappa shape index (κ1) is 17.4. The van der Waals surface area contributed by atoms with Crippen molar-refractivity contribution < 1.29 is 9.59 Å². The van der Waals surface area contributed by atoms with Crippen molar-refractivity contribution in [1.82, 2.24) is 9.88 Å². The summed E-state index contributed by atoms with van der Waals surface area (Å²) in [5.41, 5.74) is 1.80. The number of aromatic nitrogens is 1. The highest BCUT2D eigenvalue weighted by Gasteiger charge is 2.43. The normalized spacial score (nSPS) is 19.3. The van der Waals surface area contributed by atoms with Crippen molar-refractivity contribution in [3.8, 4) is 11.3 Å². The van der Waals surface area contributed by atoms with Gasteiger partial charge >= 0.3 is 0 Å². The number of halogens is 1. The maximum absolute atomic E-state index is 12.5. The van der Waals surface area contributed by atoms with Crippen molar-refractivity contribution >= 4 is 56.5 Å². The zero-order valence-electron chi connectivity index (χ0n) is 13.2. The maximum atomic E-state index is 12.5. The van der Waals surface area contributed by atoms with Crippen molar-refractivity contribution in [2.24, 2.45) is 0 Å². The molecule has 1 unspecified atom stereocenters. The van der Waals surface area contributed by atoms with Gasteiger partial charge in [-0.1, -0.05) is 28.1 Å². The molecule has 1 fully saturated rings. The van der Waals surface area contributed by atoms with Crippen molar-refractivity contribution in [1.29, 1.82) is 0 Å². The summed E-state index contributed by atoms with van der Waals surface area (Å²) in [4.78, 5) is 29.5. The van der Waals surface area contributed by atoms with Crippen molar-refractivity contribution in [3.63, 3.8) is 0 Å². The van der Waals surface area contributed by atoms with Crippen LogP contribution in [0.2, 0.25) is 0 Å². The Morgan fingerprint density at radius 1 is 1.42 bits per heavy atom. The number of hydrogen-bond acceptors (Lipinski definition) is 5. The van der Waals surface area contributed by atoms with Gasteiger partial charge in [0.05, 0.1) is 10.6 Å². The van der Waals surface area contributed by atoms with Gasteiger partial charge in [0, 0.05) is 21.2 Å². The number of amides is 2. The number of thioether (sulfide) groups is 1. The van der Waals surface area contributed by atoms with Crippen LogP contribution >= 0.6 is 39.0 Å². The number of nitrogens with zero attached hydrogens (tertiary/aromatic N) is 2. The van der Waals surface area contributed by atoms with Crippen LogP contribution in [-0.4, -0.2) is 38.9 Å². The molecule has 2 aromatic rings. The highest BCUT2D eigenvalue weighted by atomic mass is 79.9.